The molecule has 1 atom stereocenters. The zero-order chi connectivity index (χ0) is 16.9. The van der Waals surface area contributed by atoms with Gasteiger partial charge in [0.1, 0.15) is 0 Å². The van der Waals surface area contributed by atoms with E-state index in [2.05, 4.69) is 17.2 Å². The molecule has 1 aromatic rings. The lowest BCUT2D eigenvalue weighted by Gasteiger charge is -2.15. The van der Waals surface area contributed by atoms with Crippen LogP contribution in [0.3, 0.4) is 0 Å². The molecule has 23 heavy (non-hydrogen) atoms. The van der Waals surface area contributed by atoms with Gasteiger partial charge in [0.15, 0.2) is 5.54 Å². The maximum absolute atomic E-state index is 12.2. The number of nitrogens with zero attached hydrogens (tertiary/aromatic N) is 1. The van der Waals surface area contributed by atoms with Gasteiger partial charge >= 0.3 is 5.97 Å². The molecule has 0 spiro atoms. The Morgan fingerprint density at radius 2 is 2.04 bits per heavy atom. The third kappa shape index (κ3) is 4.18. The van der Waals surface area contributed by atoms with Crippen LogP contribution in [0.15, 0.2) is 29.3 Å². The number of benzene rings is 1. The van der Waals surface area contributed by atoms with Gasteiger partial charge < -0.3 is 10.1 Å². The molecule has 0 fully saturated rings. The highest BCUT2D eigenvalue weighted by atomic mass is 16.6. The van der Waals surface area contributed by atoms with Gasteiger partial charge in [-0.3, -0.25) is 4.79 Å². The van der Waals surface area contributed by atoms with Gasteiger partial charge in [-0.05, 0) is 31.9 Å². The first-order valence-electron chi connectivity index (χ1n) is 8.11. The number of aliphatic imine (C=N–C) groups is 1. The molecular formula is C18H24N2O3. The van der Waals surface area contributed by atoms with E-state index >= 15 is 0 Å². The van der Waals surface area contributed by atoms with Crippen molar-refractivity contribution in [2.75, 3.05) is 6.54 Å². The molecule has 5 heteroatoms. The largest absolute Gasteiger partial charge is 0.408 e. The summed E-state index contributed by atoms with van der Waals surface area (Å²) in [4.78, 5) is 28.6. The number of unbranched alkanes of at least 4 members (excludes halogenated alkanes) is 2. The molecule has 0 aliphatic carbocycles. The fraction of sp³-hybridized carbons (Fsp3) is 0.500. The summed E-state index contributed by atoms with van der Waals surface area (Å²) in [5.41, 5.74) is 0.709. The standard InChI is InChI=1S/C18H24N2O3/c1-4-5-8-11-18(3)17(22)23-15(20-18)12-19-16(21)14-10-7-6-9-13(14)2/h6-7,9-10H,4-5,8,11-12H2,1-3H3,(H,19,21). The van der Waals surface area contributed by atoms with Crippen LogP contribution in [0.25, 0.3) is 0 Å². The summed E-state index contributed by atoms with van der Waals surface area (Å²) in [5, 5.41) is 2.76. The van der Waals surface area contributed by atoms with E-state index in [-0.39, 0.29) is 24.3 Å². The van der Waals surface area contributed by atoms with Crippen molar-refractivity contribution in [3.63, 3.8) is 0 Å². The smallest absolute Gasteiger partial charge is 0.340 e. The van der Waals surface area contributed by atoms with Crippen molar-refractivity contribution >= 4 is 17.8 Å². The summed E-state index contributed by atoms with van der Waals surface area (Å²) in [5.74, 6) is -0.230. The number of cyclic esters (lactones) is 1. The summed E-state index contributed by atoms with van der Waals surface area (Å²) in [6, 6.07) is 7.35. The first kappa shape index (κ1) is 17.2. The minimum Gasteiger partial charge on any atom is -0.408 e. The van der Waals surface area contributed by atoms with Crippen LogP contribution in [0.1, 0.15) is 55.5 Å². The molecule has 1 amide bonds. The highest BCUT2D eigenvalue weighted by molar-refractivity contribution is 6.03. The van der Waals surface area contributed by atoms with Crippen LogP contribution in [0, 0.1) is 6.92 Å². The van der Waals surface area contributed by atoms with Crippen LogP contribution in [0.2, 0.25) is 0 Å². The number of amides is 1. The van der Waals surface area contributed by atoms with Gasteiger partial charge in [0.2, 0.25) is 5.90 Å². The minimum absolute atomic E-state index is 0.127. The van der Waals surface area contributed by atoms with Crippen LogP contribution in [-0.4, -0.2) is 29.9 Å². The number of aryl methyl sites for hydroxylation is 1. The average molecular weight is 316 g/mol. The van der Waals surface area contributed by atoms with E-state index in [4.69, 9.17) is 4.74 Å². The third-order valence-corrected chi connectivity index (χ3v) is 4.08. The lowest BCUT2D eigenvalue weighted by atomic mass is 9.96. The number of carbonyl (C=O) groups is 2. The molecular weight excluding hydrogens is 292 g/mol. The molecule has 124 valence electrons. The predicted octanol–water partition coefficient (Wildman–Crippen LogP) is 3.02. The molecule has 0 radical (unpaired) electrons. The quantitative estimate of drug-likeness (QED) is 0.621. The zero-order valence-corrected chi connectivity index (χ0v) is 14.0. The van der Waals surface area contributed by atoms with Crippen LogP contribution in [-0.2, 0) is 9.53 Å². The zero-order valence-electron chi connectivity index (χ0n) is 14.0. The average Bonchev–Trinajstić information content (AvgIpc) is 2.80. The number of esters is 1. The molecule has 1 unspecified atom stereocenters. The second-order valence-electron chi connectivity index (χ2n) is 6.12. The molecule has 0 saturated carbocycles. The van der Waals surface area contributed by atoms with Crippen molar-refractivity contribution < 1.29 is 14.3 Å². The summed E-state index contributed by atoms with van der Waals surface area (Å²) in [7, 11) is 0. The van der Waals surface area contributed by atoms with Crippen LogP contribution >= 0.6 is 0 Å². The van der Waals surface area contributed by atoms with Crippen molar-refractivity contribution in [2.24, 2.45) is 4.99 Å². The first-order valence-corrected chi connectivity index (χ1v) is 8.11. The Morgan fingerprint density at radius 1 is 1.30 bits per heavy atom. The van der Waals surface area contributed by atoms with E-state index in [1.54, 1.807) is 13.0 Å². The van der Waals surface area contributed by atoms with Gasteiger partial charge in [-0.2, -0.15) is 0 Å². The van der Waals surface area contributed by atoms with E-state index in [0.29, 0.717) is 12.0 Å². The number of nitrogens with one attached hydrogen (secondary N) is 1. The Morgan fingerprint density at radius 3 is 2.74 bits per heavy atom. The Hall–Kier alpha value is -2.17. The Kier molecular flexibility index (Phi) is 5.53. The number of carbonyl (C=O) groups excluding carboxylic acids is 2. The van der Waals surface area contributed by atoms with Gasteiger partial charge in [-0.25, -0.2) is 9.79 Å². The lowest BCUT2D eigenvalue weighted by molar-refractivity contribution is -0.138. The topological polar surface area (TPSA) is 67.8 Å². The van der Waals surface area contributed by atoms with E-state index < -0.39 is 5.54 Å². The maximum Gasteiger partial charge on any atom is 0.340 e. The summed E-state index contributed by atoms with van der Waals surface area (Å²) in [6.07, 6.45) is 3.77. The summed E-state index contributed by atoms with van der Waals surface area (Å²) >= 11 is 0. The molecule has 0 saturated heterocycles. The highest BCUT2D eigenvalue weighted by Gasteiger charge is 2.40. The number of ether oxygens (including phenoxy) is 1. The molecule has 1 aromatic carbocycles. The predicted molar refractivity (Wildman–Crippen MR) is 89.6 cm³/mol. The molecule has 0 bridgehead atoms. The highest BCUT2D eigenvalue weighted by Crippen LogP contribution is 2.26. The van der Waals surface area contributed by atoms with Crippen LogP contribution in [0.5, 0.6) is 0 Å². The van der Waals surface area contributed by atoms with Crippen LogP contribution in [0.4, 0.5) is 0 Å². The number of hydrogen-bond donors (Lipinski definition) is 1. The first-order chi connectivity index (χ1) is 11.0. The molecule has 0 aromatic heterocycles. The second-order valence-corrected chi connectivity index (χ2v) is 6.12. The maximum atomic E-state index is 12.2. The summed E-state index contributed by atoms with van der Waals surface area (Å²) in [6.45, 7) is 5.92. The molecule has 2 rings (SSSR count). The van der Waals surface area contributed by atoms with Gasteiger partial charge in [0.25, 0.3) is 5.91 Å². The van der Waals surface area contributed by atoms with Gasteiger partial charge in [0.05, 0.1) is 6.54 Å². The second kappa shape index (κ2) is 7.40. The molecule has 5 nitrogen and oxygen atoms in total. The van der Waals surface area contributed by atoms with E-state index in [9.17, 15) is 9.59 Å². The Bertz CT molecular complexity index is 624. The minimum atomic E-state index is -0.808. The fourth-order valence-corrected chi connectivity index (χ4v) is 2.59. The van der Waals surface area contributed by atoms with Gasteiger partial charge in [-0.1, -0.05) is 44.4 Å². The van der Waals surface area contributed by atoms with Crippen LogP contribution < -0.4 is 5.32 Å². The third-order valence-electron chi connectivity index (χ3n) is 4.08. The molecule has 1 N–H and O–H groups in total. The molecule has 1 aliphatic rings. The van der Waals surface area contributed by atoms with Gasteiger partial charge in [0, 0.05) is 5.56 Å². The van der Waals surface area contributed by atoms with Crippen molar-refractivity contribution in [1.29, 1.82) is 0 Å². The molecule has 1 heterocycles. The fourth-order valence-electron chi connectivity index (χ4n) is 2.59. The van der Waals surface area contributed by atoms with Crippen molar-refractivity contribution in [2.45, 2.75) is 52.0 Å². The van der Waals surface area contributed by atoms with Crippen molar-refractivity contribution in [3.8, 4) is 0 Å². The Balaban J connectivity index is 1.94. The number of rotatable bonds is 7. The monoisotopic (exact) mass is 316 g/mol. The molecule has 1 aliphatic heterocycles. The Labute approximate surface area is 137 Å². The van der Waals surface area contributed by atoms with Crippen molar-refractivity contribution in [3.05, 3.63) is 35.4 Å². The normalized spacial score (nSPS) is 20.1. The van der Waals surface area contributed by atoms with E-state index in [1.165, 1.54) is 0 Å². The van der Waals surface area contributed by atoms with E-state index in [1.807, 2.05) is 25.1 Å². The van der Waals surface area contributed by atoms with Gasteiger partial charge in [-0.15, -0.1) is 0 Å². The van der Waals surface area contributed by atoms with E-state index in [0.717, 1.165) is 24.8 Å². The lowest BCUT2D eigenvalue weighted by Crippen LogP contribution is -2.31. The SMILES string of the molecule is CCCCCC1(C)N=C(CNC(=O)c2ccccc2C)OC1=O. The number of hydrogen-bond acceptors (Lipinski definition) is 4. The summed E-state index contributed by atoms with van der Waals surface area (Å²) < 4.78 is 5.22. The van der Waals surface area contributed by atoms with Crippen molar-refractivity contribution in [1.82, 2.24) is 5.32 Å².